The summed E-state index contributed by atoms with van der Waals surface area (Å²) in [6, 6.07) is 18.3. The lowest BCUT2D eigenvalue weighted by atomic mass is 9.60. The van der Waals surface area contributed by atoms with Gasteiger partial charge in [0.1, 0.15) is 13.2 Å². The second kappa shape index (κ2) is 9.83. The third-order valence-corrected chi connectivity index (χ3v) is 6.32. The van der Waals surface area contributed by atoms with Gasteiger partial charge in [0, 0.05) is 11.8 Å². The molecular formula is C26H27NO5. The van der Waals surface area contributed by atoms with E-state index in [1.54, 1.807) is 6.08 Å². The molecule has 1 amide bonds. The van der Waals surface area contributed by atoms with E-state index < -0.39 is 12.1 Å². The number of benzene rings is 2. The first-order valence-electron chi connectivity index (χ1n) is 10.8. The number of esters is 1. The van der Waals surface area contributed by atoms with Crippen molar-refractivity contribution in [3.05, 3.63) is 96.6 Å². The highest BCUT2D eigenvalue weighted by Crippen LogP contribution is 2.47. The minimum Gasteiger partial charge on any atom is -0.461 e. The average Bonchev–Trinajstić information content (AvgIpc) is 2.86. The number of fused-ring (bicyclic) bond motifs is 2. The Kier molecular flexibility index (Phi) is 6.71. The summed E-state index contributed by atoms with van der Waals surface area (Å²) in [6.07, 6.45) is 5.33. The molecule has 0 heterocycles. The number of rotatable bonds is 7. The SMILES string of the molecule is C=C[C@H]1[C@H](N(O)C(=O)OCc2ccccc2)[C@@H]2C=C[C@H]1C(C(=O)OCc1ccccc1)C2. The summed E-state index contributed by atoms with van der Waals surface area (Å²) in [7, 11) is 0. The topological polar surface area (TPSA) is 76.1 Å². The van der Waals surface area contributed by atoms with Crippen LogP contribution in [-0.4, -0.2) is 28.4 Å². The van der Waals surface area contributed by atoms with Crippen LogP contribution in [0.4, 0.5) is 4.79 Å². The van der Waals surface area contributed by atoms with Crippen LogP contribution in [0.25, 0.3) is 0 Å². The monoisotopic (exact) mass is 433 g/mol. The molecule has 5 atom stereocenters. The molecule has 1 fully saturated rings. The number of carbonyl (C=O) groups excluding carboxylic acids is 2. The van der Waals surface area contributed by atoms with E-state index in [2.05, 4.69) is 6.58 Å². The van der Waals surface area contributed by atoms with Gasteiger partial charge in [-0.2, -0.15) is 5.06 Å². The van der Waals surface area contributed by atoms with Crippen LogP contribution in [0.3, 0.4) is 0 Å². The second-order valence-corrected chi connectivity index (χ2v) is 8.25. The summed E-state index contributed by atoms with van der Waals surface area (Å²) < 4.78 is 10.9. The first kappa shape index (κ1) is 21.8. The third-order valence-electron chi connectivity index (χ3n) is 6.32. The molecule has 166 valence electrons. The Bertz CT molecular complexity index is 974. The van der Waals surface area contributed by atoms with E-state index in [1.165, 1.54) is 0 Å². The normalized spacial score (nSPS) is 25.7. The summed E-state index contributed by atoms with van der Waals surface area (Å²) in [5, 5.41) is 11.4. The lowest BCUT2D eigenvalue weighted by molar-refractivity contribution is -0.166. The Labute approximate surface area is 187 Å². The lowest BCUT2D eigenvalue weighted by Crippen LogP contribution is -2.55. The maximum Gasteiger partial charge on any atom is 0.434 e. The Balaban J connectivity index is 1.39. The quantitative estimate of drug-likeness (QED) is 0.295. The minimum absolute atomic E-state index is 0.0700. The zero-order chi connectivity index (χ0) is 22.5. The van der Waals surface area contributed by atoms with E-state index in [9.17, 15) is 14.8 Å². The maximum atomic E-state index is 12.8. The third kappa shape index (κ3) is 4.60. The fraction of sp³-hybridized carbons (Fsp3) is 0.308. The van der Waals surface area contributed by atoms with Gasteiger partial charge in [0.2, 0.25) is 0 Å². The zero-order valence-corrected chi connectivity index (χ0v) is 17.7. The molecule has 3 aliphatic rings. The van der Waals surface area contributed by atoms with Gasteiger partial charge in [-0.05, 0) is 23.5 Å². The van der Waals surface area contributed by atoms with Crippen molar-refractivity contribution < 1.29 is 24.3 Å². The highest BCUT2D eigenvalue weighted by atomic mass is 16.6. The molecule has 6 nitrogen and oxygen atoms in total. The Hall–Kier alpha value is -3.38. The molecule has 0 aliphatic heterocycles. The van der Waals surface area contributed by atoms with Crippen molar-refractivity contribution >= 4 is 12.1 Å². The Morgan fingerprint density at radius 2 is 1.56 bits per heavy atom. The highest BCUT2D eigenvalue weighted by Gasteiger charge is 2.51. The predicted molar refractivity (Wildman–Crippen MR) is 118 cm³/mol. The summed E-state index contributed by atoms with van der Waals surface area (Å²) in [5.74, 6) is -1.31. The summed E-state index contributed by atoms with van der Waals surface area (Å²) in [5.41, 5.74) is 1.76. The van der Waals surface area contributed by atoms with E-state index in [0.29, 0.717) is 11.5 Å². The summed E-state index contributed by atoms with van der Waals surface area (Å²) >= 11 is 0. The Morgan fingerprint density at radius 3 is 2.16 bits per heavy atom. The van der Waals surface area contributed by atoms with Crippen molar-refractivity contribution in [1.82, 2.24) is 5.06 Å². The van der Waals surface area contributed by atoms with Crippen LogP contribution < -0.4 is 0 Å². The van der Waals surface area contributed by atoms with Gasteiger partial charge in [0.15, 0.2) is 0 Å². The van der Waals surface area contributed by atoms with E-state index in [0.717, 1.165) is 11.1 Å². The summed E-state index contributed by atoms with van der Waals surface area (Å²) in [6.45, 7) is 4.19. The predicted octanol–water partition coefficient (Wildman–Crippen LogP) is 4.75. The molecule has 0 aromatic heterocycles. The van der Waals surface area contributed by atoms with Crippen LogP contribution in [0.5, 0.6) is 0 Å². The smallest absolute Gasteiger partial charge is 0.434 e. The van der Waals surface area contributed by atoms with Gasteiger partial charge in [-0.3, -0.25) is 10.0 Å². The molecule has 5 rings (SSSR count). The van der Waals surface area contributed by atoms with Crippen molar-refractivity contribution in [2.24, 2.45) is 23.7 Å². The Morgan fingerprint density at radius 1 is 0.969 bits per heavy atom. The van der Waals surface area contributed by atoms with E-state index in [4.69, 9.17) is 9.47 Å². The van der Waals surface area contributed by atoms with Gasteiger partial charge in [-0.25, -0.2) is 4.79 Å². The number of ether oxygens (including phenoxy) is 2. The van der Waals surface area contributed by atoms with Crippen LogP contribution >= 0.6 is 0 Å². The van der Waals surface area contributed by atoms with Crippen molar-refractivity contribution in [3.8, 4) is 0 Å². The number of hydrogen-bond donors (Lipinski definition) is 1. The second-order valence-electron chi connectivity index (χ2n) is 8.25. The maximum absolute atomic E-state index is 12.8. The van der Waals surface area contributed by atoms with Crippen molar-refractivity contribution in [3.63, 3.8) is 0 Å². The van der Waals surface area contributed by atoms with Crippen molar-refractivity contribution in [2.45, 2.75) is 25.7 Å². The van der Waals surface area contributed by atoms with Gasteiger partial charge in [0.05, 0.1) is 12.0 Å². The standard InChI is InChI=1S/C26H27NO5/c1-2-21-22-14-13-20(15-23(22)25(28)31-16-18-9-5-3-6-10-18)24(21)27(30)26(29)32-17-19-11-7-4-8-12-19/h2-14,20-24,30H,1,15-17H2/t20-,21-,22-,23?,24-/m1/s1. The molecule has 1 N–H and O–H groups in total. The molecule has 1 unspecified atom stereocenters. The molecule has 2 aromatic rings. The molecule has 2 aromatic carbocycles. The number of amides is 1. The van der Waals surface area contributed by atoms with Gasteiger partial charge < -0.3 is 9.47 Å². The zero-order valence-electron chi connectivity index (χ0n) is 17.7. The molecule has 0 radical (unpaired) electrons. The van der Waals surface area contributed by atoms with Crippen molar-refractivity contribution in [2.75, 3.05) is 0 Å². The molecule has 0 saturated heterocycles. The fourth-order valence-electron chi connectivity index (χ4n) is 4.73. The first-order chi connectivity index (χ1) is 15.6. The minimum atomic E-state index is -0.810. The average molecular weight is 434 g/mol. The summed E-state index contributed by atoms with van der Waals surface area (Å²) in [4.78, 5) is 25.4. The van der Waals surface area contributed by atoms with Crippen LogP contribution in [0.1, 0.15) is 17.5 Å². The first-order valence-corrected chi connectivity index (χ1v) is 10.8. The molecule has 6 heteroatoms. The van der Waals surface area contributed by atoms with E-state index in [1.807, 2.05) is 72.8 Å². The number of allylic oxidation sites excluding steroid dienone is 1. The van der Waals surface area contributed by atoms with Gasteiger partial charge in [-0.1, -0.05) is 78.9 Å². The molecule has 3 aliphatic carbocycles. The molecule has 2 bridgehead atoms. The van der Waals surface area contributed by atoms with Crippen LogP contribution in [-0.2, 0) is 27.5 Å². The number of hydrogen-bond acceptors (Lipinski definition) is 5. The van der Waals surface area contributed by atoms with Crippen LogP contribution in [0, 0.1) is 23.7 Å². The van der Waals surface area contributed by atoms with Crippen molar-refractivity contribution in [1.29, 1.82) is 0 Å². The van der Waals surface area contributed by atoms with Crippen LogP contribution in [0.2, 0.25) is 0 Å². The molecule has 1 saturated carbocycles. The number of nitrogens with zero attached hydrogens (tertiary/aromatic N) is 1. The van der Waals surface area contributed by atoms with Gasteiger partial charge in [-0.15, -0.1) is 6.58 Å². The highest BCUT2D eigenvalue weighted by molar-refractivity contribution is 5.74. The largest absolute Gasteiger partial charge is 0.461 e. The fourth-order valence-corrected chi connectivity index (χ4v) is 4.73. The van der Waals surface area contributed by atoms with Gasteiger partial charge in [0.25, 0.3) is 0 Å². The lowest BCUT2D eigenvalue weighted by Gasteiger charge is -2.48. The number of hydroxylamine groups is 2. The molecular weight excluding hydrogens is 406 g/mol. The van der Waals surface area contributed by atoms with E-state index >= 15 is 0 Å². The molecule has 0 spiro atoms. The van der Waals surface area contributed by atoms with Crippen LogP contribution in [0.15, 0.2) is 85.5 Å². The van der Waals surface area contributed by atoms with Gasteiger partial charge >= 0.3 is 12.1 Å². The molecule has 32 heavy (non-hydrogen) atoms. The van der Waals surface area contributed by atoms with E-state index in [-0.39, 0.29) is 42.9 Å². The number of carbonyl (C=O) groups is 2.